The molecule has 0 heterocycles. The van der Waals surface area contributed by atoms with E-state index in [9.17, 15) is 0 Å². The summed E-state index contributed by atoms with van der Waals surface area (Å²) in [7, 11) is 0. The van der Waals surface area contributed by atoms with Crippen LogP contribution in [0.4, 0.5) is 0 Å². The molecule has 0 N–H and O–H groups in total. The first-order chi connectivity index (χ1) is 10.7. The SMILES string of the molecule is CCC(C)C1CCC2C(C=CC3C4CCC(C)C4CCC32)C1. The van der Waals surface area contributed by atoms with Crippen LogP contribution in [0.15, 0.2) is 12.2 Å². The van der Waals surface area contributed by atoms with Gasteiger partial charge in [-0.2, -0.15) is 0 Å². The summed E-state index contributed by atoms with van der Waals surface area (Å²) in [5, 5.41) is 0. The number of hydrogen-bond acceptors (Lipinski definition) is 0. The Bertz CT molecular complexity index is 422. The van der Waals surface area contributed by atoms with Crippen LogP contribution in [-0.4, -0.2) is 0 Å². The van der Waals surface area contributed by atoms with E-state index >= 15 is 0 Å². The third-order valence-electron chi connectivity index (χ3n) is 8.63. The van der Waals surface area contributed by atoms with Crippen molar-refractivity contribution in [3.05, 3.63) is 12.2 Å². The molecule has 0 saturated heterocycles. The lowest BCUT2D eigenvalue weighted by Crippen LogP contribution is -2.43. The smallest absolute Gasteiger partial charge is 0.0171 e. The second kappa shape index (κ2) is 5.99. The summed E-state index contributed by atoms with van der Waals surface area (Å²) in [5.41, 5.74) is 0. The summed E-state index contributed by atoms with van der Waals surface area (Å²) in [6, 6.07) is 0. The quantitative estimate of drug-likeness (QED) is 0.523. The Morgan fingerprint density at radius 3 is 2.36 bits per heavy atom. The summed E-state index contributed by atoms with van der Waals surface area (Å²) in [6.45, 7) is 7.40. The van der Waals surface area contributed by atoms with E-state index in [2.05, 4.69) is 32.9 Å². The highest BCUT2D eigenvalue weighted by Gasteiger charge is 2.49. The maximum Gasteiger partial charge on any atom is -0.0171 e. The van der Waals surface area contributed by atoms with Gasteiger partial charge in [0.2, 0.25) is 0 Å². The van der Waals surface area contributed by atoms with Gasteiger partial charge in [-0.1, -0.05) is 45.8 Å². The van der Waals surface area contributed by atoms with Gasteiger partial charge in [0, 0.05) is 0 Å². The van der Waals surface area contributed by atoms with Gasteiger partial charge in [0.15, 0.2) is 0 Å². The highest BCUT2D eigenvalue weighted by Crippen LogP contribution is 2.57. The van der Waals surface area contributed by atoms with Crippen molar-refractivity contribution >= 4 is 0 Å². The van der Waals surface area contributed by atoms with Gasteiger partial charge in [-0.05, 0) is 91.8 Å². The number of fused-ring (bicyclic) bond motifs is 5. The summed E-state index contributed by atoms with van der Waals surface area (Å²) < 4.78 is 0. The highest BCUT2D eigenvalue weighted by atomic mass is 14.5. The average Bonchev–Trinajstić information content (AvgIpc) is 2.94. The maximum absolute atomic E-state index is 2.72. The van der Waals surface area contributed by atoms with Gasteiger partial charge in [0.1, 0.15) is 0 Å². The van der Waals surface area contributed by atoms with E-state index in [1.54, 1.807) is 12.8 Å². The third kappa shape index (κ3) is 2.40. The van der Waals surface area contributed by atoms with Crippen molar-refractivity contribution in [3.63, 3.8) is 0 Å². The minimum Gasteiger partial charge on any atom is -0.0848 e. The Labute approximate surface area is 138 Å². The zero-order valence-corrected chi connectivity index (χ0v) is 15.0. The predicted molar refractivity (Wildman–Crippen MR) is 94.5 cm³/mol. The number of allylic oxidation sites excluding steroid dienone is 2. The molecule has 4 rings (SSSR count). The largest absolute Gasteiger partial charge is 0.0848 e. The van der Waals surface area contributed by atoms with Crippen molar-refractivity contribution in [2.45, 2.75) is 72.1 Å². The summed E-state index contributed by atoms with van der Waals surface area (Å²) >= 11 is 0. The van der Waals surface area contributed by atoms with Gasteiger partial charge in [-0.15, -0.1) is 0 Å². The molecule has 0 bridgehead atoms. The predicted octanol–water partition coefficient (Wildman–Crippen LogP) is 6.32. The molecule has 3 fully saturated rings. The van der Waals surface area contributed by atoms with E-state index in [-0.39, 0.29) is 0 Å². The van der Waals surface area contributed by atoms with Crippen molar-refractivity contribution in [2.24, 2.45) is 53.3 Å². The van der Waals surface area contributed by atoms with Crippen LogP contribution < -0.4 is 0 Å². The second-order valence-corrected chi connectivity index (χ2v) is 9.37. The fourth-order valence-electron chi connectivity index (χ4n) is 7.10. The van der Waals surface area contributed by atoms with Gasteiger partial charge in [-0.3, -0.25) is 0 Å². The molecule has 0 radical (unpaired) electrons. The van der Waals surface area contributed by atoms with Crippen molar-refractivity contribution in [3.8, 4) is 0 Å². The normalized spacial score (nSPS) is 51.8. The van der Waals surface area contributed by atoms with Gasteiger partial charge in [0.05, 0.1) is 0 Å². The van der Waals surface area contributed by atoms with Crippen LogP contribution in [0.5, 0.6) is 0 Å². The van der Waals surface area contributed by atoms with Crippen LogP contribution in [0.25, 0.3) is 0 Å². The monoisotopic (exact) mass is 300 g/mol. The van der Waals surface area contributed by atoms with E-state index in [0.717, 1.165) is 53.3 Å². The summed E-state index contributed by atoms with van der Waals surface area (Å²) in [6.07, 6.45) is 17.5. The summed E-state index contributed by atoms with van der Waals surface area (Å²) in [4.78, 5) is 0. The summed E-state index contributed by atoms with van der Waals surface area (Å²) in [5.74, 6) is 9.09. The van der Waals surface area contributed by atoms with Crippen LogP contribution in [-0.2, 0) is 0 Å². The lowest BCUT2D eigenvalue weighted by Gasteiger charge is -2.51. The fourth-order valence-corrected chi connectivity index (χ4v) is 7.10. The topological polar surface area (TPSA) is 0 Å². The molecule has 22 heavy (non-hydrogen) atoms. The van der Waals surface area contributed by atoms with Crippen LogP contribution in [0.3, 0.4) is 0 Å². The van der Waals surface area contributed by atoms with Crippen molar-refractivity contribution in [2.75, 3.05) is 0 Å². The van der Waals surface area contributed by atoms with E-state index in [1.807, 2.05) is 0 Å². The van der Waals surface area contributed by atoms with Gasteiger partial charge >= 0.3 is 0 Å². The second-order valence-electron chi connectivity index (χ2n) is 9.37. The van der Waals surface area contributed by atoms with Crippen molar-refractivity contribution < 1.29 is 0 Å². The van der Waals surface area contributed by atoms with Crippen LogP contribution >= 0.6 is 0 Å². The van der Waals surface area contributed by atoms with E-state index in [1.165, 1.54) is 38.5 Å². The fraction of sp³-hybridized carbons (Fsp3) is 0.909. The molecular formula is C22H36. The zero-order chi connectivity index (χ0) is 15.3. The molecule has 0 aromatic heterocycles. The van der Waals surface area contributed by atoms with Gasteiger partial charge in [0.25, 0.3) is 0 Å². The molecule has 0 spiro atoms. The molecule has 3 saturated carbocycles. The molecule has 4 aliphatic rings. The molecule has 0 nitrogen and oxygen atoms in total. The standard InChI is InChI=1S/C22H36/c1-4-14(2)16-6-9-19-17(13-16)7-10-22-20-8-5-15(3)18(20)11-12-21(19)22/h7,10,14-22H,4-6,8-9,11-13H2,1-3H3. The molecule has 4 aliphatic carbocycles. The Kier molecular flexibility index (Phi) is 4.16. The molecule has 124 valence electrons. The maximum atomic E-state index is 2.72. The van der Waals surface area contributed by atoms with E-state index in [0.29, 0.717) is 0 Å². The van der Waals surface area contributed by atoms with Crippen LogP contribution in [0, 0.1) is 53.3 Å². The Balaban J connectivity index is 1.51. The molecule has 9 atom stereocenters. The first-order valence-electron chi connectivity index (χ1n) is 10.4. The van der Waals surface area contributed by atoms with Crippen LogP contribution in [0.2, 0.25) is 0 Å². The molecule has 0 heteroatoms. The zero-order valence-electron chi connectivity index (χ0n) is 15.0. The van der Waals surface area contributed by atoms with Crippen LogP contribution in [0.1, 0.15) is 72.1 Å². The van der Waals surface area contributed by atoms with E-state index < -0.39 is 0 Å². The minimum absolute atomic E-state index is 0.935. The van der Waals surface area contributed by atoms with Gasteiger partial charge < -0.3 is 0 Å². The molecule has 0 aromatic rings. The van der Waals surface area contributed by atoms with Crippen molar-refractivity contribution in [1.82, 2.24) is 0 Å². The molecule has 0 aromatic carbocycles. The third-order valence-corrected chi connectivity index (χ3v) is 8.63. The Morgan fingerprint density at radius 1 is 0.864 bits per heavy atom. The minimum atomic E-state index is 0.935. The van der Waals surface area contributed by atoms with E-state index in [4.69, 9.17) is 0 Å². The number of hydrogen-bond donors (Lipinski definition) is 0. The lowest BCUT2D eigenvalue weighted by atomic mass is 9.54. The van der Waals surface area contributed by atoms with Crippen molar-refractivity contribution in [1.29, 1.82) is 0 Å². The average molecular weight is 301 g/mol. The molecule has 0 aliphatic heterocycles. The first-order valence-corrected chi connectivity index (χ1v) is 10.4. The Morgan fingerprint density at radius 2 is 1.55 bits per heavy atom. The number of rotatable bonds is 2. The molecule has 0 amide bonds. The lowest BCUT2D eigenvalue weighted by molar-refractivity contribution is 0.0257. The molecule has 9 unspecified atom stereocenters. The Hall–Kier alpha value is -0.260. The first kappa shape index (κ1) is 15.3. The highest BCUT2D eigenvalue weighted by molar-refractivity contribution is 5.12. The van der Waals surface area contributed by atoms with Gasteiger partial charge in [-0.25, -0.2) is 0 Å². The molecular weight excluding hydrogens is 264 g/mol.